The lowest BCUT2D eigenvalue weighted by atomic mass is 9.89. The van der Waals surface area contributed by atoms with Crippen molar-refractivity contribution >= 4 is 29.2 Å². The first-order valence-electron chi connectivity index (χ1n) is 15.1. The van der Waals surface area contributed by atoms with E-state index in [0.29, 0.717) is 17.4 Å². The minimum Gasteiger partial charge on any atom is -0.362 e. The number of aryl methyl sites for hydroxylation is 1. The molecule has 39 heavy (non-hydrogen) atoms. The number of carbonyl (C=O) groups is 1. The highest BCUT2D eigenvalue weighted by atomic mass is 16.1. The number of aromatic nitrogens is 1. The molecule has 2 heterocycles. The van der Waals surface area contributed by atoms with Crippen molar-refractivity contribution in [3.63, 3.8) is 0 Å². The van der Waals surface area contributed by atoms with E-state index in [2.05, 4.69) is 90.3 Å². The predicted octanol–water partition coefficient (Wildman–Crippen LogP) is 9.05. The van der Waals surface area contributed by atoms with Gasteiger partial charge in [-0.15, -0.1) is 0 Å². The largest absolute Gasteiger partial charge is 0.362 e. The van der Waals surface area contributed by atoms with Gasteiger partial charge >= 0.3 is 0 Å². The van der Waals surface area contributed by atoms with Crippen molar-refractivity contribution in [1.29, 1.82) is 0 Å². The van der Waals surface area contributed by atoms with E-state index in [1.165, 1.54) is 68.2 Å². The second-order valence-electron chi connectivity index (χ2n) is 11.2. The highest BCUT2D eigenvalue weighted by molar-refractivity contribution is 6.06. The third kappa shape index (κ3) is 6.41. The molecule has 206 valence electrons. The summed E-state index contributed by atoms with van der Waals surface area (Å²) in [5.41, 5.74) is 7.54. The topological polar surface area (TPSA) is 69.0 Å². The van der Waals surface area contributed by atoms with Crippen molar-refractivity contribution in [1.82, 2.24) is 4.98 Å². The molecule has 1 aliphatic carbocycles. The molecule has 0 spiro atoms. The first-order chi connectivity index (χ1) is 19.1. The Balaban J connectivity index is 1.27. The molecule has 2 unspecified atom stereocenters. The van der Waals surface area contributed by atoms with E-state index in [-0.39, 0.29) is 12.1 Å². The maximum atomic E-state index is 13.3. The Kier molecular flexibility index (Phi) is 8.75. The summed E-state index contributed by atoms with van der Waals surface area (Å²) >= 11 is 0. The molecule has 2 aromatic carbocycles. The number of para-hydroxylation sites is 1. The van der Waals surface area contributed by atoms with Crippen LogP contribution in [0, 0.1) is 0 Å². The predicted molar refractivity (Wildman–Crippen MR) is 165 cm³/mol. The zero-order valence-electron chi connectivity index (χ0n) is 23.8. The van der Waals surface area contributed by atoms with Crippen molar-refractivity contribution < 1.29 is 4.79 Å². The van der Waals surface area contributed by atoms with Crippen LogP contribution in [0.15, 0.2) is 54.6 Å². The number of benzene rings is 2. The second-order valence-corrected chi connectivity index (χ2v) is 11.2. The van der Waals surface area contributed by atoms with Gasteiger partial charge in [-0.1, -0.05) is 76.8 Å². The number of H-pyrrole nitrogens is 1. The monoisotopic (exact) mass is 524 g/mol. The molecule has 0 saturated heterocycles. The normalized spacial score (nSPS) is 16.8. The fourth-order valence-electron chi connectivity index (χ4n) is 5.84. The van der Waals surface area contributed by atoms with Gasteiger partial charge in [-0.3, -0.25) is 4.79 Å². The van der Waals surface area contributed by atoms with E-state index in [1.54, 1.807) is 0 Å². The quantitative estimate of drug-likeness (QED) is 0.169. The Labute approximate surface area is 233 Å². The zero-order valence-corrected chi connectivity index (χ0v) is 23.8. The molecule has 2 aliphatic rings. The van der Waals surface area contributed by atoms with Gasteiger partial charge < -0.3 is 20.9 Å². The van der Waals surface area contributed by atoms with E-state index >= 15 is 0 Å². The van der Waals surface area contributed by atoms with Gasteiger partial charge in [-0.05, 0) is 85.4 Å². The van der Waals surface area contributed by atoms with E-state index in [9.17, 15) is 4.79 Å². The third-order valence-electron chi connectivity index (χ3n) is 8.19. The molecular weight excluding hydrogens is 480 g/mol. The number of nitrogens with one attached hydrogen (secondary N) is 4. The summed E-state index contributed by atoms with van der Waals surface area (Å²) in [6.45, 7) is 6.62. The van der Waals surface area contributed by atoms with Crippen LogP contribution in [0.1, 0.15) is 117 Å². The molecule has 0 bridgehead atoms. The lowest BCUT2D eigenvalue weighted by Gasteiger charge is -2.24. The standard InChI is InChI=1S/C34H44N4O/c1-4-7-8-12-23(11-5-2)24-15-19-26(20-16-24)34(39)38-32-28-21-22-31(37-33(28)36-29(32)6-3)35-30-14-10-9-13-27(30)25-17-18-25/h9-10,13-16,19-23,25,31,35-37H,4-8,11-12,17-18H2,1-3H3,(H,38,39). The molecule has 3 aromatic rings. The van der Waals surface area contributed by atoms with Crippen LogP contribution >= 0.6 is 0 Å². The van der Waals surface area contributed by atoms with E-state index < -0.39 is 0 Å². The number of amides is 1. The summed E-state index contributed by atoms with van der Waals surface area (Å²) < 4.78 is 0. The van der Waals surface area contributed by atoms with Crippen LogP contribution in [0.3, 0.4) is 0 Å². The van der Waals surface area contributed by atoms with Gasteiger partial charge in [0.15, 0.2) is 0 Å². The number of anilines is 3. The van der Waals surface area contributed by atoms with Crippen molar-refractivity contribution in [3.05, 3.63) is 82.6 Å². The zero-order chi connectivity index (χ0) is 27.2. The van der Waals surface area contributed by atoms with Gasteiger partial charge in [-0.25, -0.2) is 0 Å². The van der Waals surface area contributed by atoms with Crippen LogP contribution in [0.5, 0.6) is 0 Å². The lowest BCUT2D eigenvalue weighted by molar-refractivity contribution is 0.102. The second kappa shape index (κ2) is 12.6. The molecule has 1 amide bonds. The van der Waals surface area contributed by atoms with Crippen molar-refractivity contribution in [2.24, 2.45) is 0 Å². The molecule has 5 nitrogen and oxygen atoms in total. The molecular formula is C34H44N4O. The molecule has 2 atom stereocenters. The van der Waals surface area contributed by atoms with Crippen molar-refractivity contribution in [3.8, 4) is 0 Å². The molecule has 5 heteroatoms. The smallest absolute Gasteiger partial charge is 0.255 e. The molecule has 0 radical (unpaired) electrons. The molecule has 5 rings (SSSR count). The lowest BCUT2D eigenvalue weighted by Crippen LogP contribution is -2.29. The van der Waals surface area contributed by atoms with Gasteiger partial charge in [-0.2, -0.15) is 0 Å². The third-order valence-corrected chi connectivity index (χ3v) is 8.19. The molecule has 1 saturated carbocycles. The highest BCUT2D eigenvalue weighted by Gasteiger charge is 2.27. The molecule has 1 fully saturated rings. The summed E-state index contributed by atoms with van der Waals surface area (Å²) in [6, 6.07) is 16.9. The number of carbonyl (C=O) groups excluding carboxylic acids is 1. The van der Waals surface area contributed by atoms with E-state index in [4.69, 9.17) is 0 Å². The SMILES string of the molecule is CCCCCC(CCC)c1ccc(C(=O)Nc2c(CC)[nH]c3c2C=CC(Nc2ccccc2C2CC2)N3)cc1. The van der Waals surface area contributed by atoms with Crippen molar-refractivity contribution in [2.75, 3.05) is 16.0 Å². The Bertz CT molecular complexity index is 1290. The van der Waals surface area contributed by atoms with Crippen molar-refractivity contribution in [2.45, 2.75) is 96.6 Å². The average Bonchev–Trinajstić information content (AvgIpc) is 3.75. The summed E-state index contributed by atoms with van der Waals surface area (Å²) in [7, 11) is 0. The Morgan fingerprint density at radius 3 is 2.49 bits per heavy atom. The first-order valence-corrected chi connectivity index (χ1v) is 15.1. The fourth-order valence-corrected chi connectivity index (χ4v) is 5.84. The number of hydrogen-bond donors (Lipinski definition) is 4. The summed E-state index contributed by atoms with van der Waals surface area (Å²) in [4.78, 5) is 16.8. The van der Waals surface area contributed by atoms with Crippen LogP contribution in [0.2, 0.25) is 0 Å². The molecule has 1 aromatic heterocycles. The number of hydrogen-bond acceptors (Lipinski definition) is 3. The van der Waals surface area contributed by atoms with Crippen LogP contribution in [0.25, 0.3) is 6.08 Å². The van der Waals surface area contributed by atoms with E-state index in [1.807, 2.05) is 12.1 Å². The minimum absolute atomic E-state index is 0.0229. The molecule has 1 aliphatic heterocycles. The fraction of sp³-hybridized carbons (Fsp3) is 0.441. The Morgan fingerprint density at radius 1 is 0.974 bits per heavy atom. The van der Waals surface area contributed by atoms with Crippen LogP contribution in [-0.2, 0) is 6.42 Å². The number of rotatable bonds is 13. The van der Waals surface area contributed by atoms with Gasteiger partial charge in [0.1, 0.15) is 12.0 Å². The summed E-state index contributed by atoms with van der Waals surface area (Å²) in [6.07, 6.45) is 15.0. The maximum absolute atomic E-state index is 13.3. The van der Waals surface area contributed by atoms with Gasteiger partial charge in [0, 0.05) is 22.5 Å². The Hall–Kier alpha value is -3.47. The molecule has 4 N–H and O–H groups in total. The van der Waals surface area contributed by atoms with Gasteiger partial charge in [0.25, 0.3) is 5.91 Å². The minimum atomic E-state index is -0.0666. The first kappa shape index (κ1) is 27.1. The maximum Gasteiger partial charge on any atom is 0.255 e. The Morgan fingerprint density at radius 2 is 1.77 bits per heavy atom. The number of unbranched alkanes of at least 4 members (excludes halogenated alkanes) is 2. The van der Waals surface area contributed by atoms with Crippen LogP contribution in [0.4, 0.5) is 17.2 Å². The van der Waals surface area contributed by atoms with Gasteiger partial charge in [0.05, 0.1) is 5.69 Å². The number of aromatic amines is 1. The van der Waals surface area contributed by atoms with Gasteiger partial charge in [0.2, 0.25) is 0 Å². The van der Waals surface area contributed by atoms with Crippen LogP contribution < -0.4 is 16.0 Å². The average molecular weight is 525 g/mol. The summed E-state index contributed by atoms with van der Waals surface area (Å²) in [5, 5.41) is 10.5. The van der Waals surface area contributed by atoms with E-state index in [0.717, 1.165) is 29.2 Å². The van der Waals surface area contributed by atoms with Crippen LogP contribution in [-0.4, -0.2) is 17.1 Å². The highest BCUT2D eigenvalue weighted by Crippen LogP contribution is 2.43. The summed E-state index contributed by atoms with van der Waals surface area (Å²) in [5.74, 6) is 2.14. The number of fused-ring (bicyclic) bond motifs is 1.